The zero-order chi connectivity index (χ0) is 15.4. The van der Waals surface area contributed by atoms with E-state index in [0.29, 0.717) is 30.9 Å². The molecule has 2 N–H and O–H groups in total. The van der Waals surface area contributed by atoms with Gasteiger partial charge in [-0.05, 0) is 13.8 Å². The van der Waals surface area contributed by atoms with E-state index in [0.717, 1.165) is 6.54 Å². The van der Waals surface area contributed by atoms with Crippen LogP contribution >= 0.6 is 0 Å². The number of morpholine rings is 1. The van der Waals surface area contributed by atoms with Gasteiger partial charge in [0.05, 0.1) is 18.8 Å². The lowest BCUT2D eigenvalue weighted by molar-refractivity contribution is -0.0425. The third-order valence-electron chi connectivity index (χ3n) is 3.16. The minimum Gasteiger partial charge on any atom is -0.394 e. The molecule has 21 heavy (non-hydrogen) atoms. The number of aromatic nitrogens is 3. The first-order valence-electron chi connectivity index (χ1n) is 7.22. The predicted molar refractivity (Wildman–Crippen MR) is 82.0 cm³/mol. The minimum atomic E-state index is -0.212. The van der Waals surface area contributed by atoms with Crippen LogP contribution < -0.4 is 15.1 Å². The Balaban J connectivity index is 2.28. The highest BCUT2D eigenvalue weighted by Crippen LogP contribution is 2.20. The molecule has 2 atom stereocenters. The summed E-state index contributed by atoms with van der Waals surface area (Å²) in [5.41, 5.74) is 0. The van der Waals surface area contributed by atoms with Crippen molar-refractivity contribution in [3.05, 3.63) is 0 Å². The summed E-state index contributed by atoms with van der Waals surface area (Å²) in [4.78, 5) is 17.2. The summed E-state index contributed by atoms with van der Waals surface area (Å²) in [5, 5.41) is 12.5. The number of hydrogen-bond acceptors (Lipinski definition) is 8. The van der Waals surface area contributed by atoms with Crippen LogP contribution in [0.15, 0.2) is 0 Å². The van der Waals surface area contributed by atoms with E-state index < -0.39 is 0 Å². The molecule has 2 rings (SSSR count). The molecule has 0 spiro atoms. The van der Waals surface area contributed by atoms with Gasteiger partial charge in [-0.2, -0.15) is 15.0 Å². The quantitative estimate of drug-likeness (QED) is 0.782. The molecule has 1 fully saturated rings. The smallest absolute Gasteiger partial charge is 0.232 e. The largest absolute Gasteiger partial charge is 0.394 e. The Morgan fingerprint density at radius 2 is 2.10 bits per heavy atom. The third-order valence-corrected chi connectivity index (χ3v) is 3.16. The Morgan fingerprint density at radius 3 is 2.71 bits per heavy atom. The van der Waals surface area contributed by atoms with E-state index in [-0.39, 0.29) is 18.8 Å². The molecule has 1 aliphatic heterocycles. The van der Waals surface area contributed by atoms with Gasteiger partial charge >= 0.3 is 0 Å². The van der Waals surface area contributed by atoms with E-state index in [9.17, 15) is 5.11 Å². The average molecular weight is 296 g/mol. The maximum atomic E-state index is 9.33. The van der Waals surface area contributed by atoms with Crippen molar-refractivity contribution in [2.45, 2.75) is 26.1 Å². The number of nitrogens with zero attached hydrogens (tertiary/aromatic N) is 5. The molecule has 1 aromatic heterocycles. The zero-order valence-electron chi connectivity index (χ0n) is 13.1. The van der Waals surface area contributed by atoms with Gasteiger partial charge in [-0.15, -0.1) is 0 Å². The highest BCUT2D eigenvalue weighted by Gasteiger charge is 2.27. The van der Waals surface area contributed by atoms with Gasteiger partial charge in [0.1, 0.15) is 0 Å². The molecule has 2 unspecified atom stereocenters. The predicted octanol–water partition coefficient (Wildman–Crippen LogP) is -0.0446. The normalized spacial score (nSPS) is 22.2. The van der Waals surface area contributed by atoms with E-state index >= 15 is 0 Å². The Bertz CT molecular complexity index is 470. The zero-order valence-corrected chi connectivity index (χ0v) is 13.1. The Hall–Kier alpha value is -1.67. The number of rotatable bonds is 5. The van der Waals surface area contributed by atoms with Gasteiger partial charge < -0.3 is 25.0 Å². The summed E-state index contributed by atoms with van der Waals surface area (Å²) >= 11 is 0. The SMILES string of the molecule is CCNc1nc(N(C)C)nc(N2CC(C)OC(CO)C2)n1. The molecular weight excluding hydrogens is 272 g/mol. The molecule has 2 heterocycles. The number of aliphatic hydroxyl groups excluding tert-OH is 1. The van der Waals surface area contributed by atoms with E-state index in [1.165, 1.54) is 0 Å². The summed E-state index contributed by atoms with van der Waals surface area (Å²) in [6.07, 6.45) is -0.186. The van der Waals surface area contributed by atoms with Gasteiger partial charge in [-0.25, -0.2) is 0 Å². The first kappa shape index (κ1) is 15.7. The fourth-order valence-electron chi connectivity index (χ4n) is 2.24. The molecule has 0 radical (unpaired) electrons. The van der Waals surface area contributed by atoms with E-state index in [1.54, 1.807) is 0 Å². The first-order chi connectivity index (χ1) is 10.0. The lowest BCUT2D eigenvalue weighted by atomic mass is 10.2. The van der Waals surface area contributed by atoms with Crippen molar-refractivity contribution in [3.8, 4) is 0 Å². The third kappa shape index (κ3) is 3.92. The van der Waals surface area contributed by atoms with Crippen molar-refractivity contribution >= 4 is 17.8 Å². The van der Waals surface area contributed by atoms with Crippen molar-refractivity contribution < 1.29 is 9.84 Å². The fraction of sp³-hybridized carbons (Fsp3) is 0.769. The van der Waals surface area contributed by atoms with Gasteiger partial charge in [0.25, 0.3) is 0 Å². The molecular formula is C13H24N6O2. The standard InChI is InChI=1S/C13H24N6O2/c1-5-14-11-15-12(18(3)4)17-13(16-11)19-6-9(2)21-10(7-19)8-20/h9-10,20H,5-8H2,1-4H3,(H,14,15,16,17). The molecule has 0 bridgehead atoms. The Labute approximate surface area is 125 Å². The second-order valence-electron chi connectivity index (χ2n) is 5.34. The number of anilines is 3. The highest BCUT2D eigenvalue weighted by atomic mass is 16.5. The topological polar surface area (TPSA) is 86.6 Å². The van der Waals surface area contributed by atoms with Crippen LogP contribution in [-0.4, -0.2) is 72.6 Å². The van der Waals surface area contributed by atoms with E-state index in [2.05, 4.69) is 20.3 Å². The second kappa shape index (κ2) is 6.86. The number of ether oxygens (including phenoxy) is 1. The summed E-state index contributed by atoms with van der Waals surface area (Å²) in [6.45, 7) is 5.98. The summed E-state index contributed by atoms with van der Waals surface area (Å²) in [7, 11) is 3.79. The summed E-state index contributed by atoms with van der Waals surface area (Å²) in [6, 6.07) is 0. The van der Waals surface area contributed by atoms with Crippen LogP contribution in [0.4, 0.5) is 17.8 Å². The van der Waals surface area contributed by atoms with Crippen LogP contribution in [0.2, 0.25) is 0 Å². The van der Waals surface area contributed by atoms with Crippen molar-refractivity contribution in [3.63, 3.8) is 0 Å². The molecule has 0 saturated carbocycles. The van der Waals surface area contributed by atoms with Crippen LogP contribution in [0, 0.1) is 0 Å². The number of hydrogen-bond donors (Lipinski definition) is 2. The van der Waals surface area contributed by atoms with E-state index in [4.69, 9.17) is 4.74 Å². The lowest BCUT2D eigenvalue weighted by Crippen LogP contribution is -2.48. The van der Waals surface area contributed by atoms with Crippen molar-refractivity contribution in [2.24, 2.45) is 0 Å². The molecule has 8 nitrogen and oxygen atoms in total. The summed E-state index contributed by atoms with van der Waals surface area (Å²) < 4.78 is 5.65. The monoisotopic (exact) mass is 296 g/mol. The van der Waals surface area contributed by atoms with Crippen LogP contribution in [0.1, 0.15) is 13.8 Å². The summed E-state index contributed by atoms with van der Waals surface area (Å²) in [5.74, 6) is 1.78. The molecule has 8 heteroatoms. The maximum absolute atomic E-state index is 9.33. The molecule has 1 aliphatic rings. The molecule has 0 aromatic carbocycles. The van der Waals surface area contributed by atoms with Crippen LogP contribution in [0.25, 0.3) is 0 Å². The average Bonchev–Trinajstić information content (AvgIpc) is 2.46. The number of aliphatic hydroxyl groups is 1. The van der Waals surface area contributed by atoms with Gasteiger partial charge in [-0.3, -0.25) is 0 Å². The first-order valence-corrected chi connectivity index (χ1v) is 7.22. The van der Waals surface area contributed by atoms with Gasteiger partial charge in [-0.1, -0.05) is 0 Å². The van der Waals surface area contributed by atoms with Crippen LogP contribution in [0.3, 0.4) is 0 Å². The van der Waals surface area contributed by atoms with E-state index in [1.807, 2.05) is 37.7 Å². The molecule has 1 aromatic rings. The van der Waals surface area contributed by atoms with Crippen molar-refractivity contribution in [1.82, 2.24) is 15.0 Å². The van der Waals surface area contributed by atoms with Crippen molar-refractivity contribution in [2.75, 3.05) is 55.5 Å². The minimum absolute atomic E-state index is 0.00741. The molecule has 0 amide bonds. The van der Waals surface area contributed by atoms with Crippen molar-refractivity contribution in [1.29, 1.82) is 0 Å². The molecule has 0 aliphatic carbocycles. The van der Waals surface area contributed by atoms with Gasteiger partial charge in [0.15, 0.2) is 0 Å². The van der Waals surface area contributed by atoms with Gasteiger partial charge in [0.2, 0.25) is 17.8 Å². The Kier molecular flexibility index (Phi) is 5.13. The second-order valence-corrected chi connectivity index (χ2v) is 5.34. The van der Waals surface area contributed by atoms with Crippen LogP contribution in [-0.2, 0) is 4.74 Å². The Morgan fingerprint density at radius 1 is 1.33 bits per heavy atom. The number of nitrogens with one attached hydrogen (secondary N) is 1. The maximum Gasteiger partial charge on any atom is 0.232 e. The lowest BCUT2D eigenvalue weighted by Gasteiger charge is -2.36. The fourth-order valence-corrected chi connectivity index (χ4v) is 2.24. The molecule has 1 saturated heterocycles. The highest BCUT2D eigenvalue weighted by molar-refractivity contribution is 5.45. The van der Waals surface area contributed by atoms with Crippen LogP contribution in [0.5, 0.6) is 0 Å². The van der Waals surface area contributed by atoms with Gasteiger partial charge in [0, 0.05) is 33.7 Å². The molecule has 118 valence electrons.